The van der Waals surface area contributed by atoms with E-state index < -0.39 is 0 Å². The van der Waals surface area contributed by atoms with Crippen molar-refractivity contribution in [2.45, 2.75) is 18.6 Å². The Labute approximate surface area is 141 Å². The number of hydrogen-bond acceptors (Lipinski definition) is 7. The number of carbonyl (C=O) groups excluding carboxylic acids is 1. The third-order valence-corrected chi connectivity index (χ3v) is 4.83. The summed E-state index contributed by atoms with van der Waals surface area (Å²) in [6.07, 6.45) is 0. The number of anilines is 2. The Bertz CT molecular complexity index is 643. The average Bonchev–Trinajstić information content (AvgIpc) is 2.86. The van der Waals surface area contributed by atoms with Gasteiger partial charge in [-0.2, -0.15) is 0 Å². The summed E-state index contributed by atoms with van der Waals surface area (Å²) in [5.41, 5.74) is 11.2. The molecule has 118 valence electrons. The molecular weight excluding hydrogens is 342 g/mol. The summed E-state index contributed by atoms with van der Waals surface area (Å²) in [5, 5.41) is 0.404. The molecule has 2 aromatic heterocycles. The number of rotatable bonds is 6. The van der Waals surface area contributed by atoms with Crippen LogP contribution in [0.3, 0.4) is 0 Å². The third-order valence-electron chi connectivity index (χ3n) is 2.78. The van der Waals surface area contributed by atoms with Crippen LogP contribution in [0.5, 0.6) is 0 Å². The minimum Gasteiger partial charge on any atom is -0.383 e. The van der Waals surface area contributed by atoms with Crippen LogP contribution in [0.15, 0.2) is 23.4 Å². The second-order valence-corrected chi connectivity index (χ2v) is 7.14. The molecule has 0 saturated carbocycles. The van der Waals surface area contributed by atoms with Gasteiger partial charge in [0.2, 0.25) is 5.91 Å². The van der Waals surface area contributed by atoms with Gasteiger partial charge in [-0.05, 0) is 19.1 Å². The molecule has 9 heteroatoms. The molecule has 0 aliphatic heterocycles. The van der Waals surface area contributed by atoms with E-state index in [4.69, 9.17) is 23.1 Å². The highest BCUT2D eigenvalue weighted by atomic mass is 35.5. The molecule has 0 bridgehead atoms. The Balaban J connectivity index is 1.94. The van der Waals surface area contributed by atoms with Crippen molar-refractivity contribution in [3.8, 4) is 0 Å². The number of thiophene rings is 1. The maximum Gasteiger partial charge on any atom is 0.233 e. The lowest BCUT2D eigenvalue weighted by Crippen LogP contribution is -2.31. The second kappa shape index (κ2) is 7.66. The fourth-order valence-electron chi connectivity index (χ4n) is 1.75. The van der Waals surface area contributed by atoms with Crippen LogP contribution < -0.4 is 11.5 Å². The molecule has 2 rings (SSSR count). The molecule has 0 radical (unpaired) electrons. The lowest BCUT2D eigenvalue weighted by atomic mass is 10.4. The van der Waals surface area contributed by atoms with Crippen molar-refractivity contribution >= 4 is 52.2 Å². The van der Waals surface area contributed by atoms with E-state index in [0.717, 1.165) is 9.21 Å². The number of nitrogens with zero attached hydrogens (tertiary/aromatic N) is 3. The Morgan fingerprint density at radius 2 is 2.05 bits per heavy atom. The molecule has 2 aromatic rings. The van der Waals surface area contributed by atoms with Crippen LogP contribution in [0, 0.1) is 0 Å². The van der Waals surface area contributed by atoms with E-state index in [0.29, 0.717) is 29.9 Å². The number of nitrogens with two attached hydrogens (primary N) is 2. The molecular formula is C13H16ClN5OS2. The van der Waals surface area contributed by atoms with Gasteiger partial charge < -0.3 is 16.4 Å². The van der Waals surface area contributed by atoms with Gasteiger partial charge in [0.1, 0.15) is 11.6 Å². The molecule has 0 saturated heterocycles. The summed E-state index contributed by atoms with van der Waals surface area (Å²) in [4.78, 5) is 23.2. The highest BCUT2D eigenvalue weighted by molar-refractivity contribution is 7.99. The summed E-state index contributed by atoms with van der Waals surface area (Å²) in [7, 11) is 0. The number of amides is 1. The number of nitrogen functional groups attached to an aromatic ring is 2. The lowest BCUT2D eigenvalue weighted by molar-refractivity contribution is -0.128. The Hall–Kier alpha value is -1.51. The highest BCUT2D eigenvalue weighted by Crippen LogP contribution is 2.23. The highest BCUT2D eigenvalue weighted by Gasteiger charge is 2.14. The molecule has 22 heavy (non-hydrogen) atoms. The molecule has 4 N–H and O–H groups in total. The van der Waals surface area contributed by atoms with Crippen LogP contribution in [-0.2, 0) is 11.3 Å². The van der Waals surface area contributed by atoms with Gasteiger partial charge in [0.15, 0.2) is 5.16 Å². The number of halogens is 1. The van der Waals surface area contributed by atoms with Crippen molar-refractivity contribution in [1.29, 1.82) is 0 Å². The number of aromatic nitrogens is 2. The van der Waals surface area contributed by atoms with E-state index in [-0.39, 0.29) is 11.7 Å². The smallest absolute Gasteiger partial charge is 0.233 e. The standard InChI is InChI=1S/C13H16ClN5OS2/c1-2-19(6-8-3-4-9(14)22-8)12(20)7-21-13-17-10(15)5-11(16)18-13/h3-5H,2,6-7H2,1H3,(H4,15,16,17,18). The maximum absolute atomic E-state index is 12.3. The first-order valence-electron chi connectivity index (χ1n) is 6.52. The van der Waals surface area contributed by atoms with Crippen LogP contribution >= 0.6 is 34.7 Å². The minimum absolute atomic E-state index is 0.00150. The van der Waals surface area contributed by atoms with E-state index >= 15 is 0 Å². The normalized spacial score (nSPS) is 10.6. The summed E-state index contributed by atoms with van der Waals surface area (Å²) < 4.78 is 0.719. The Morgan fingerprint density at radius 3 is 2.59 bits per heavy atom. The summed E-state index contributed by atoms with van der Waals surface area (Å²) in [5.74, 6) is 0.822. The number of hydrogen-bond donors (Lipinski definition) is 2. The first kappa shape index (κ1) is 16.9. The van der Waals surface area contributed by atoms with E-state index in [9.17, 15) is 4.79 Å². The largest absolute Gasteiger partial charge is 0.383 e. The van der Waals surface area contributed by atoms with Crippen LogP contribution in [-0.4, -0.2) is 33.1 Å². The maximum atomic E-state index is 12.3. The summed E-state index contributed by atoms with van der Waals surface area (Å²) in [6, 6.07) is 5.24. The van der Waals surface area contributed by atoms with Crippen molar-refractivity contribution in [2.75, 3.05) is 23.8 Å². The SMILES string of the molecule is CCN(Cc1ccc(Cl)s1)C(=O)CSc1nc(N)cc(N)n1. The molecule has 0 aliphatic rings. The quantitative estimate of drug-likeness (QED) is 0.608. The molecule has 0 aromatic carbocycles. The van der Waals surface area contributed by atoms with E-state index in [2.05, 4.69) is 9.97 Å². The molecule has 0 atom stereocenters. The van der Waals surface area contributed by atoms with Gasteiger partial charge >= 0.3 is 0 Å². The van der Waals surface area contributed by atoms with Gasteiger partial charge in [-0.15, -0.1) is 11.3 Å². The van der Waals surface area contributed by atoms with Crippen molar-refractivity contribution < 1.29 is 4.79 Å². The van der Waals surface area contributed by atoms with E-state index in [1.807, 2.05) is 19.1 Å². The Kier molecular flexibility index (Phi) is 5.87. The summed E-state index contributed by atoms with van der Waals surface area (Å²) >= 11 is 8.60. The zero-order valence-corrected chi connectivity index (χ0v) is 14.3. The van der Waals surface area contributed by atoms with Crippen molar-refractivity contribution in [1.82, 2.24) is 14.9 Å². The lowest BCUT2D eigenvalue weighted by Gasteiger charge is -2.19. The van der Waals surface area contributed by atoms with Gasteiger partial charge in [-0.1, -0.05) is 23.4 Å². The topological polar surface area (TPSA) is 98.1 Å². The van der Waals surface area contributed by atoms with Crippen molar-refractivity contribution in [3.05, 3.63) is 27.4 Å². The molecule has 0 fully saturated rings. The number of thioether (sulfide) groups is 1. The molecule has 0 unspecified atom stereocenters. The van der Waals surface area contributed by atoms with Crippen LogP contribution in [0.4, 0.5) is 11.6 Å². The van der Waals surface area contributed by atoms with Gasteiger partial charge in [0.25, 0.3) is 0 Å². The predicted molar refractivity (Wildman–Crippen MR) is 92.0 cm³/mol. The van der Waals surface area contributed by atoms with Crippen LogP contribution in [0.2, 0.25) is 4.34 Å². The molecule has 6 nitrogen and oxygen atoms in total. The zero-order chi connectivity index (χ0) is 16.1. The second-order valence-electron chi connectivity index (χ2n) is 4.40. The van der Waals surface area contributed by atoms with Crippen LogP contribution in [0.1, 0.15) is 11.8 Å². The third kappa shape index (κ3) is 4.75. The van der Waals surface area contributed by atoms with Gasteiger partial charge in [0, 0.05) is 17.5 Å². The van der Waals surface area contributed by atoms with Crippen molar-refractivity contribution in [2.24, 2.45) is 0 Å². The fraction of sp³-hybridized carbons (Fsp3) is 0.308. The number of carbonyl (C=O) groups is 1. The van der Waals surface area contributed by atoms with Crippen LogP contribution in [0.25, 0.3) is 0 Å². The minimum atomic E-state index is 0.00150. The molecule has 0 aliphatic carbocycles. The fourth-order valence-corrected chi connectivity index (χ4v) is 3.62. The zero-order valence-electron chi connectivity index (χ0n) is 12.0. The Morgan fingerprint density at radius 1 is 1.36 bits per heavy atom. The molecule has 1 amide bonds. The van der Waals surface area contributed by atoms with E-state index in [1.54, 1.807) is 4.90 Å². The average molecular weight is 358 g/mol. The first-order chi connectivity index (χ1) is 10.5. The van der Waals surface area contributed by atoms with Gasteiger partial charge in [-0.25, -0.2) is 9.97 Å². The monoisotopic (exact) mass is 357 g/mol. The van der Waals surface area contributed by atoms with E-state index in [1.165, 1.54) is 29.2 Å². The van der Waals surface area contributed by atoms with Crippen molar-refractivity contribution in [3.63, 3.8) is 0 Å². The van der Waals surface area contributed by atoms with Gasteiger partial charge in [-0.3, -0.25) is 4.79 Å². The summed E-state index contributed by atoms with van der Waals surface area (Å²) in [6.45, 7) is 3.11. The van der Waals surface area contributed by atoms with Gasteiger partial charge in [0.05, 0.1) is 16.6 Å². The molecule has 0 spiro atoms. The predicted octanol–water partition coefficient (Wildman–Crippen LogP) is 2.50. The first-order valence-corrected chi connectivity index (χ1v) is 8.70. The molecule has 2 heterocycles.